The first-order valence-electron chi connectivity index (χ1n) is 5.55. The zero-order valence-corrected chi connectivity index (χ0v) is 10.5. The molecule has 0 unspecified atom stereocenters. The summed E-state index contributed by atoms with van der Waals surface area (Å²) in [6, 6.07) is 12.5. The average Bonchev–Trinajstić information content (AvgIpc) is 2.76. The Kier molecular flexibility index (Phi) is 3.62. The van der Waals surface area contributed by atoms with E-state index in [0.717, 1.165) is 12.2 Å². The van der Waals surface area contributed by atoms with E-state index >= 15 is 0 Å². The van der Waals surface area contributed by atoms with Crippen molar-refractivity contribution in [2.75, 3.05) is 0 Å². The predicted molar refractivity (Wildman–Crippen MR) is 69.2 cm³/mol. The van der Waals surface area contributed by atoms with E-state index in [-0.39, 0.29) is 0 Å². The molecule has 1 aromatic carbocycles. The van der Waals surface area contributed by atoms with E-state index in [0.29, 0.717) is 6.61 Å². The zero-order valence-electron chi connectivity index (χ0n) is 9.69. The molecule has 2 aromatic rings. The van der Waals surface area contributed by atoms with Gasteiger partial charge >= 0.3 is 0 Å². The van der Waals surface area contributed by atoms with Crippen LogP contribution in [0.15, 0.2) is 36.4 Å². The van der Waals surface area contributed by atoms with E-state index in [1.165, 1.54) is 15.3 Å². The van der Waals surface area contributed by atoms with Gasteiger partial charge in [0.2, 0.25) is 0 Å². The van der Waals surface area contributed by atoms with Gasteiger partial charge in [0.1, 0.15) is 12.4 Å². The normalized spacial score (nSPS) is 10.4. The molecular formula is C14H16OS. The first-order valence-corrected chi connectivity index (χ1v) is 6.36. The highest BCUT2D eigenvalue weighted by atomic mass is 32.1. The maximum Gasteiger partial charge on any atom is 0.122 e. The summed E-state index contributed by atoms with van der Waals surface area (Å²) in [4.78, 5) is 2.71. The van der Waals surface area contributed by atoms with Crippen LogP contribution in [0.2, 0.25) is 0 Å². The van der Waals surface area contributed by atoms with Crippen molar-refractivity contribution in [3.63, 3.8) is 0 Å². The second-order valence-electron chi connectivity index (χ2n) is 3.82. The molecule has 0 N–H and O–H groups in total. The number of thiophene rings is 1. The van der Waals surface area contributed by atoms with Crippen molar-refractivity contribution in [3.05, 3.63) is 51.7 Å². The third kappa shape index (κ3) is 2.86. The molecular weight excluding hydrogens is 216 g/mol. The van der Waals surface area contributed by atoms with Crippen LogP contribution >= 0.6 is 11.3 Å². The van der Waals surface area contributed by atoms with Gasteiger partial charge in [-0.05, 0) is 37.6 Å². The van der Waals surface area contributed by atoms with Crippen LogP contribution in [0.5, 0.6) is 5.75 Å². The van der Waals surface area contributed by atoms with Crippen molar-refractivity contribution in [3.8, 4) is 5.75 Å². The van der Waals surface area contributed by atoms with E-state index in [2.05, 4.69) is 38.1 Å². The van der Waals surface area contributed by atoms with Gasteiger partial charge in [-0.15, -0.1) is 11.3 Å². The topological polar surface area (TPSA) is 9.23 Å². The first kappa shape index (κ1) is 11.2. The van der Waals surface area contributed by atoms with Gasteiger partial charge < -0.3 is 4.74 Å². The SMILES string of the molecule is CCc1ccc(COc2ccc(C)cc2)s1. The van der Waals surface area contributed by atoms with Crippen LogP contribution in [0.1, 0.15) is 22.2 Å². The lowest BCUT2D eigenvalue weighted by molar-refractivity contribution is 0.310. The van der Waals surface area contributed by atoms with Crippen LogP contribution in [0, 0.1) is 6.92 Å². The van der Waals surface area contributed by atoms with Gasteiger partial charge in [-0.1, -0.05) is 24.6 Å². The molecule has 0 spiro atoms. The minimum Gasteiger partial charge on any atom is -0.488 e. The summed E-state index contributed by atoms with van der Waals surface area (Å²) in [6.45, 7) is 4.93. The second-order valence-corrected chi connectivity index (χ2v) is 5.08. The minimum atomic E-state index is 0.674. The fourth-order valence-electron chi connectivity index (χ4n) is 1.48. The smallest absolute Gasteiger partial charge is 0.122 e. The van der Waals surface area contributed by atoms with E-state index in [9.17, 15) is 0 Å². The summed E-state index contributed by atoms with van der Waals surface area (Å²) in [7, 11) is 0. The lowest BCUT2D eigenvalue weighted by Gasteiger charge is -2.04. The van der Waals surface area contributed by atoms with E-state index in [1.54, 1.807) is 0 Å². The fraction of sp³-hybridized carbons (Fsp3) is 0.286. The average molecular weight is 232 g/mol. The van der Waals surface area contributed by atoms with Gasteiger partial charge in [-0.25, -0.2) is 0 Å². The Hall–Kier alpha value is -1.28. The van der Waals surface area contributed by atoms with Crippen molar-refractivity contribution < 1.29 is 4.74 Å². The molecule has 1 nitrogen and oxygen atoms in total. The Morgan fingerprint density at radius 1 is 1.00 bits per heavy atom. The summed E-state index contributed by atoms with van der Waals surface area (Å²) >= 11 is 1.83. The van der Waals surface area contributed by atoms with Crippen molar-refractivity contribution in [1.82, 2.24) is 0 Å². The molecule has 1 aromatic heterocycles. The summed E-state index contributed by atoms with van der Waals surface area (Å²) in [6.07, 6.45) is 1.11. The van der Waals surface area contributed by atoms with Crippen molar-refractivity contribution >= 4 is 11.3 Å². The van der Waals surface area contributed by atoms with Gasteiger partial charge in [-0.2, -0.15) is 0 Å². The third-order valence-corrected chi connectivity index (χ3v) is 3.67. The van der Waals surface area contributed by atoms with Gasteiger partial charge in [0.15, 0.2) is 0 Å². The highest BCUT2D eigenvalue weighted by Crippen LogP contribution is 2.19. The molecule has 2 heteroatoms. The summed E-state index contributed by atoms with van der Waals surface area (Å²) in [5.41, 5.74) is 1.26. The molecule has 0 amide bonds. The lowest BCUT2D eigenvalue weighted by atomic mass is 10.2. The van der Waals surface area contributed by atoms with Crippen LogP contribution in [-0.2, 0) is 13.0 Å². The molecule has 16 heavy (non-hydrogen) atoms. The van der Waals surface area contributed by atoms with Crippen LogP contribution in [0.4, 0.5) is 0 Å². The summed E-state index contributed by atoms with van der Waals surface area (Å²) in [5, 5.41) is 0. The Bertz CT molecular complexity index is 442. The van der Waals surface area contributed by atoms with Crippen molar-refractivity contribution in [2.45, 2.75) is 26.9 Å². The number of benzene rings is 1. The molecule has 1 heterocycles. The lowest BCUT2D eigenvalue weighted by Crippen LogP contribution is -1.92. The van der Waals surface area contributed by atoms with Gasteiger partial charge in [0, 0.05) is 9.75 Å². The quantitative estimate of drug-likeness (QED) is 0.767. The van der Waals surface area contributed by atoms with E-state index in [4.69, 9.17) is 4.74 Å². The molecule has 0 aliphatic rings. The standard InChI is InChI=1S/C14H16OS/c1-3-13-8-9-14(16-13)10-15-12-6-4-11(2)5-7-12/h4-9H,3,10H2,1-2H3. The van der Waals surface area contributed by atoms with Crippen molar-refractivity contribution in [1.29, 1.82) is 0 Å². The predicted octanol–water partition coefficient (Wildman–Crippen LogP) is 4.20. The largest absolute Gasteiger partial charge is 0.488 e. The molecule has 0 aliphatic carbocycles. The first-order chi connectivity index (χ1) is 7.78. The number of ether oxygens (including phenoxy) is 1. The van der Waals surface area contributed by atoms with Crippen molar-refractivity contribution in [2.24, 2.45) is 0 Å². The Labute approximate surface area is 101 Å². The molecule has 0 atom stereocenters. The molecule has 0 aliphatic heterocycles. The molecule has 0 saturated carbocycles. The molecule has 2 rings (SSSR count). The summed E-state index contributed by atoms with van der Waals surface area (Å²) in [5.74, 6) is 0.942. The van der Waals surface area contributed by atoms with Gasteiger partial charge in [-0.3, -0.25) is 0 Å². The Morgan fingerprint density at radius 2 is 1.69 bits per heavy atom. The molecule has 84 valence electrons. The Morgan fingerprint density at radius 3 is 2.31 bits per heavy atom. The molecule has 0 saturated heterocycles. The monoisotopic (exact) mass is 232 g/mol. The number of hydrogen-bond donors (Lipinski definition) is 0. The van der Waals surface area contributed by atoms with E-state index < -0.39 is 0 Å². The second kappa shape index (κ2) is 5.17. The Balaban J connectivity index is 1.94. The number of hydrogen-bond acceptors (Lipinski definition) is 2. The molecule has 0 radical (unpaired) electrons. The number of aryl methyl sites for hydroxylation is 2. The minimum absolute atomic E-state index is 0.674. The number of rotatable bonds is 4. The maximum absolute atomic E-state index is 5.72. The zero-order chi connectivity index (χ0) is 11.4. The van der Waals surface area contributed by atoms with Crippen LogP contribution in [0.25, 0.3) is 0 Å². The maximum atomic E-state index is 5.72. The third-order valence-electron chi connectivity index (χ3n) is 2.47. The van der Waals surface area contributed by atoms with Crippen LogP contribution in [-0.4, -0.2) is 0 Å². The highest BCUT2D eigenvalue weighted by molar-refractivity contribution is 7.11. The molecule has 0 bridgehead atoms. The van der Waals surface area contributed by atoms with Gasteiger partial charge in [0.05, 0.1) is 0 Å². The molecule has 0 fully saturated rings. The van der Waals surface area contributed by atoms with Gasteiger partial charge in [0.25, 0.3) is 0 Å². The fourth-order valence-corrected chi connectivity index (χ4v) is 2.35. The summed E-state index contributed by atoms with van der Waals surface area (Å²) < 4.78 is 5.72. The highest BCUT2D eigenvalue weighted by Gasteiger charge is 1.99. The van der Waals surface area contributed by atoms with Crippen LogP contribution < -0.4 is 4.74 Å². The van der Waals surface area contributed by atoms with Crippen LogP contribution in [0.3, 0.4) is 0 Å². The van der Waals surface area contributed by atoms with E-state index in [1.807, 2.05) is 23.5 Å².